The van der Waals surface area contributed by atoms with Gasteiger partial charge < -0.3 is 4.55 Å². The monoisotopic (exact) mass is 519 g/mol. The van der Waals surface area contributed by atoms with Crippen molar-refractivity contribution in [1.82, 2.24) is 14.1 Å². The van der Waals surface area contributed by atoms with Crippen LogP contribution in [0.5, 0.6) is 0 Å². The highest BCUT2D eigenvalue weighted by Gasteiger charge is 2.47. The maximum Gasteiger partial charge on any atom is 0.435 e. The molecular weight excluding hydrogens is 498 g/mol. The zero-order chi connectivity index (χ0) is 24.3. The topological polar surface area (TPSA) is 44.1 Å². The van der Waals surface area contributed by atoms with Gasteiger partial charge in [-0.15, -0.1) is 15.6 Å². The van der Waals surface area contributed by atoms with Gasteiger partial charge in [0, 0.05) is 40.1 Å². The van der Waals surface area contributed by atoms with Crippen molar-refractivity contribution in [2.24, 2.45) is 0 Å². The molecule has 4 nitrogen and oxygen atoms in total. The first-order chi connectivity index (χ1) is 15.3. The van der Waals surface area contributed by atoms with Gasteiger partial charge in [0.2, 0.25) is 0 Å². The summed E-state index contributed by atoms with van der Waals surface area (Å²) in [6.45, 7) is 7.61. The molecule has 0 amide bonds. The van der Waals surface area contributed by atoms with Crippen LogP contribution in [0.25, 0.3) is 11.1 Å². The average Bonchev–Trinajstić information content (AvgIpc) is 3.37. The van der Waals surface area contributed by atoms with Gasteiger partial charge in [0.15, 0.2) is 5.69 Å². The number of aryl methyl sites for hydroxylation is 1. The highest BCUT2D eigenvalue weighted by Crippen LogP contribution is 2.50. The molecule has 4 rings (SSSR count). The van der Waals surface area contributed by atoms with Crippen LogP contribution in [0, 0.1) is 5.82 Å². The van der Waals surface area contributed by atoms with E-state index >= 15 is 4.39 Å². The number of thiophene rings is 1. The summed E-state index contributed by atoms with van der Waals surface area (Å²) in [4.78, 5) is 0.859. The molecule has 0 N–H and O–H groups in total. The highest BCUT2D eigenvalue weighted by molar-refractivity contribution is 7.90. The third kappa shape index (κ3) is 4.43. The van der Waals surface area contributed by atoms with Crippen molar-refractivity contribution in [1.29, 1.82) is 0 Å². The molecule has 0 radical (unpaired) electrons. The van der Waals surface area contributed by atoms with Crippen LogP contribution in [0.4, 0.5) is 17.6 Å². The number of halogens is 5. The Kier molecular flexibility index (Phi) is 6.37. The lowest BCUT2D eigenvalue weighted by molar-refractivity contribution is -0.141. The number of fused-ring (bicyclic) bond motifs is 1. The van der Waals surface area contributed by atoms with Gasteiger partial charge in [0.05, 0.1) is 10.9 Å². The molecule has 0 saturated carbocycles. The molecule has 2 atom stereocenters. The van der Waals surface area contributed by atoms with E-state index in [1.165, 1.54) is 23.6 Å². The van der Waals surface area contributed by atoms with Crippen LogP contribution in [0.15, 0.2) is 30.5 Å². The van der Waals surface area contributed by atoms with Crippen LogP contribution in [0.1, 0.15) is 55.4 Å². The second-order valence-corrected chi connectivity index (χ2v) is 12.7. The molecule has 0 aliphatic carbocycles. The van der Waals surface area contributed by atoms with Crippen LogP contribution >= 0.6 is 22.9 Å². The number of benzene rings is 1. The lowest BCUT2D eigenvalue weighted by Crippen LogP contribution is -2.42. The quantitative estimate of drug-likeness (QED) is 0.281. The number of alkyl halides is 3. The van der Waals surface area contributed by atoms with Crippen molar-refractivity contribution in [2.75, 3.05) is 0 Å². The summed E-state index contributed by atoms with van der Waals surface area (Å²) in [5.41, 5.74) is -0.664. The van der Waals surface area contributed by atoms with E-state index in [-0.39, 0.29) is 17.7 Å². The fourth-order valence-corrected chi connectivity index (χ4v) is 6.77. The van der Waals surface area contributed by atoms with Gasteiger partial charge in [-0.25, -0.2) is 4.39 Å². The Morgan fingerprint density at radius 2 is 1.94 bits per heavy atom. The number of hydrogen-bond acceptors (Lipinski definition) is 4. The molecule has 3 aromatic rings. The van der Waals surface area contributed by atoms with Crippen molar-refractivity contribution < 1.29 is 22.1 Å². The Balaban J connectivity index is 1.97. The van der Waals surface area contributed by atoms with Crippen molar-refractivity contribution in [3.8, 4) is 11.1 Å². The van der Waals surface area contributed by atoms with Crippen LogP contribution in [-0.2, 0) is 30.6 Å². The predicted molar refractivity (Wildman–Crippen MR) is 123 cm³/mol. The average molecular weight is 520 g/mol. The molecule has 1 aliphatic rings. The third-order valence-corrected chi connectivity index (χ3v) is 8.47. The maximum absolute atomic E-state index is 15.3. The van der Waals surface area contributed by atoms with Gasteiger partial charge in [0.25, 0.3) is 0 Å². The van der Waals surface area contributed by atoms with Gasteiger partial charge in [-0.2, -0.15) is 18.3 Å². The van der Waals surface area contributed by atoms with Crippen molar-refractivity contribution in [3.63, 3.8) is 0 Å². The Labute approximate surface area is 201 Å². The van der Waals surface area contributed by atoms with Crippen LogP contribution < -0.4 is 0 Å². The van der Waals surface area contributed by atoms with Gasteiger partial charge in [-0.1, -0.05) is 23.7 Å². The van der Waals surface area contributed by atoms with Gasteiger partial charge in [-0.3, -0.25) is 4.68 Å². The minimum absolute atomic E-state index is 0.194. The largest absolute Gasteiger partial charge is 0.597 e. The van der Waals surface area contributed by atoms with E-state index in [1.54, 1.807) is 23.4 Å². The number of aromatic nitrogens is 2. The zero-order valence-corrected chi connectivity index (χ0v) is 20.7. The van der Waals surface area contributed by atoms with Crippen molar-refractivity contribution in [3.05, 3.63) is 62.3 Å². The van der Waals surface area contributed by atoms with E-state index in [0.29, 0.717) is 16.4 Å². The molecule has 1 aliphatic heterocycles. The number of nitrogens with zero attached hydrogens (tertiary/aromatic N) is 3. The van der Waals surface area contributed by atoms with E-state index < -0.39 is 39.8 Å². The molecule has 33 heavy (non-hydrogen) atoms. The van der Waals surface area contributed by atoms with Gasteiger partial charge in [0.1, 0.15) is 16.6 Å². The highest BCUT2D eigenvalue weighted by atomic mass is 35.5. The summed E-state index contributed by atoms with van der Waals surface area (Å²) in [7, 11) is 0. The summed E-state index contributed by atoms with van der Waals surface area (Å²) in [6.07, 6.45) is -3.55. The lowest BCUT2D eigenvalue weighted by atomic mass is 9.92. The predicted octanol–water partition coefficient (Wildman–Crippen LogP) is 6.81. The van der Waals surface area contributed by atoms with Gasteiger partial charge >= 0.3 is 6.18 Å². The van der Waals surface area contributed by atoms with E-state index in [1.807, 2.05) is 20.8 Å². The molecule has 3 heterocycles. The summed E-state index contributed by atoms with van der Waals surface area (Å²) in [6, 6.07) is 5.17. The molecular formula is C22H22ClF4N3OS2. The molecule has 0 fully saturated rings. The fourth-order valence-electron chi connectivity index (χ4n) is 4.01. The molecule has 178 valence electrons. The molecule has 0 bridgehead atoms. The number of rotatable bonds is 4. The van der Waals surface area contributed by atoms with Crippen molar-refractivity contribution >= 4 is 34.3 Å². The number of hydrogen-bond donors (Lipinski definition) is 0. The molecule has 2 aromatic heterocycles. The summed E-state index contributed by atoms with van der Waals surface area (Å²) in [5, 5.41) is 3.66. The zero-order valence-electron chi connectivity index (χ0n) is 18.3. The van der Waals surface area contributed by atoms with Crippen LogP contribution in [-0.4, -0.2) is 23.4 Å². The normalized spacial score (nSPS) is 18.1. The molecule has 11 heteroatoms. The van der Waals surface area contributed by atoms with Crippen molar-refractivity contribution in [2.45, 2.75) is 57.7 Å². The smallest absolute Gasteiger partial charge is 0.435 e. The van der Waals surface area contributed by atoms with Gasteiger partial charge in [-0.05, 0) is 51.0 Å². The SMILES string of the molecule is CCn1cc(-c2c(F)cccc2C2c3cc(Cl)sc3CN2[S+]([O-])C(C)(C)C)c(C(F)(F)F)n1. The van der Waals surface area contributed by atoms with E-state index in [2.05, 4.69) is 5.10 Å². The second-order valence-electron chi connectivity index (χ2n) is 8.72. The summed E-state index contributed by atoms with van der Waals surface area (Å²) in [5.74, 6) is -0.801. The Morgan fingerprint density at radius 1 is 1.24 bits per heavy atom. The maximum atomic E-state index is 15.3. The Bertz CT molecular complexity index is 1190. The second kappa shape index (κ2) is 8.57. The van der Waals surface area contributed by atoms with E-state index in [0.717, 1.165) is 21.2 Å². The molecule has 0 saturated heterocycles. The Morgan fingerprint density at radius 3 is 2.55 bits per heavy atom. The standard InChI is InChI=1S/C22H22ClF4N3OS2/c1-5-29-10-14(20(28-29)22(25,26)27)18-12(7-6-8-15(18)24)19-13-9-17(23)32-16(13)11-30(19)33(31)21(2,3)4/h6-10,19H,5,11H2,1-4H3. The van der Waals surface area contributed by atoms with E-state index in [4.69, 9.17) is 11.6 Å². The fraction of sp³-hybridized carbons (Fsp3) is 0.409. The minimum atomic E-state index is -4.77. The van der Waals surface area contributed by atoms with E-state index in [9.17, 15) is 17.7 Å². The van der Waals surface area contributed by atoms with Crippen LogP contribution in [0.3, 0.4) is 0 Å². The van der Waals surface area contributed by atoms with Crippen LogP contribution in [0.2, 0.25) is 4.34 Å². The molecule has 0 spiro atoms. The Hall–Kier alpha value is -1.59. The third-order valence-electron chi connectivity index (χ3n) is 5.39. The first kappa shape index (κ1) is 24.5. The molecule has 2 unspecified atom stereocenters. The lowest BCUT2D eigenvalue weighted by Gasteiger charge is -2.34. The molecule has 1 aromatic carbocycles. The first-order valence-corrected chi connectivity index (χ1v) is 12.5. The first-order valence-electron chi connectivity index (χ1n) is 10.2. The summed E-state index contributed by atoms with van der Waals surface area (Å²) >= 11 is 6.05. The summed E-state index contributed by atoms with van der Waals surface area (Å²) < 4.78 is 73.0. The minimum Gasteiger partial charge on any atom is -0.597 e.